The van der Waals surface area contributed by atoms with E-state index in [1.165, 1.54) is 7.11 Å². The predicted octanol–water partition coefficient (Wildman–Crippen LogP) is 5.09. The normalized spacial score (nSPS) is 19.3. The fourth-order valence-electron chi connectivity index (χ4n) is 5.54. The highest BCUT2D eigenvalue weighted by Crippen LogP contribution is 2.58. The molecule has 0 spiro atoms. The summed E-state index contributed by atoms with van der Waals surface area (Å²) in [5.74, 6) is -1.77. The molecule has 2 fully saturated rings. The monoisotopic (exact) mass is 617 g/mol. The summed E-state index contributed by atoms with van der Waals surface area (Å²) in [7, 11) is 1.22. The van der Waals surface area contributed by atoms with E-state index in [0.717, 1.165) is 24.0 Å². The van der Waals surface area contributed by atoms with Gasteiger partial charge in [-0.3, -0.25) is 9.59 Å². The highest BCUT2D eigenvalue weighted by Gasteiger charge is 2.53. The summed E-state index contributed by atoms with van der Waals surface area (Å²) in [5.41, 5.74) is 1.23. The van der Waals surface area contributed by atoms with Crippen LogP contribution in [-0.4, -0.2) is 49.6 Å². The Morgan fingerprint density at radius 3 is 2.31 bits per heavy atom. The smallest absolute Gasteiger partial charge is 0.408 e. The number of alkyl carbamates (subject to hydrolysis) is 1. The summed E-state index contributed by atoms with van der Waals surface area (Å²) in [4.78, 5) is 51.5. The largest absolute Gasteiger partial charge is 0.467 e. The van der Waals surface area contributed by atoms with Gasteiger partial charge in [0.15, 0.2) is 0 Å². The molecule has 2 aromatic rings. The average Bonchev–Trinajstić information content (AvgIpc) is 3.66. The van der Waals surface area contributed by atoms with E-state index in [1.807, 2.05) is 44.2 Å². The predicted molar refractivity (Wildman–Crippen MR) is 159 cm³/mol. The number of hydrogen-bond donors (Lipinski definition) is 3. The van der Waals surface area contributed by atoms with Crippen molar-refractivity contribution >= 4 is 47.1 Å². The second kappa shape index (κ2) is 13.8. The molecule has 2 unspecified atom stereocenters. The third-order valence-electron chi connectivity index (χ3n) is 7.89. The van der Waals surface area contributed by atoms with Crippen LogP contribution >= 0.6 is 23.2 Å². The van der Waals surface area contributed by atoms with Crippen molar-refractivity contribution in [3.8, 4) is 0 Å². The van der Waals surface area contributed by atoms with Gasteiger partial charge in [0, 0.05) is 27.9 Å². The molecule has 2 aromatic carbocycles. The summed E-state index contributed by atoms with van der Waals surface area (Å²) in [6.07, 6.45) is 1.07. The zero-order valence-corrected chi connectivity index (χ0v) is 25.5. The Bertz CT molecular complexity index is 1300. The number of nitrogens with one attached hydrogen (secondary N) is 3. The molecule has 3 N–H and O–H groups in total. The summed E-state index contributed by atoms with van der Waals surface area (Å²) in [6.45, 7) is 4.35. The van der Waals surface area contributed by atoms with Gasteiger partial charge in [-0.25, -0.2) is 9.59 Å². The fourth-order valence-corrected chi connectivity index (χ4v) is 5.86. The maximum atomic E-state index is 13.5. The molecule has 4 atom stereocenters. The lowest BCUT2D eigenvalue weighted by Gasteiger charge is -2.29. The molecule has 0 aromatic heterocycles. The van der Waals surface area contributed by atoms with E-state index in [4.69, 9.17) is 32.7 Å². The van der Waals surface area contributed by atoms with Crippen molar-refractivity contribution in [1.82, 2.24) is 16.0 Å². The van der Waals surface area contributed by atoms with Crippen molar-refractivity contribution in [3.63, 3.8) is 0 Å². The van der Waals surface area contributed by atoms with Gasteiger partial charge in [-0.15, -0.1) is 0 Å². The molecule has 9 nitrogen and oxygen atoms in total. The van der Waals surface area contributed by atoms with E-state index in [1.54, 1.807) is 18.2 Å². The molecular formula is C31H37Cl2N3O6. The lowest BCUT2D eigenvalue weighted by atomic mass is 9.86. The van der Waals surface area contributed by atoms with Gasteiger partial charge in [0.2, 0.25) is 11.8 Å². The topological polar surface area (TPSA) is 123 Å². The molecular weight excluding hydrogens is 581 g/mol. The first kappa shape index (κ1) is 31.6. The van der Waals surface area contributed by atoms with Crippen LogP contribution in [0.3, 0.4) is 0 Å². The van der Waals surface area contributed by atoms with Crippen molar-refractivity contribution in [2.24, 2.45) is 11.8 Å². The van der Waals surface area contributed by atoms with Gasteiger partial charge in [-0.1, -0.05) is 61.3 Å². The van der Waals surface area contributed by atoms with Gasteiger partial charge in [-0.05, 0) is 73.4 Å². The highest BCUT2D eigenvalue weighted by atomic mass is 35.5. The zero-order chi connectivity index (χ0) is 30.4. The van der Waals surface area contributed by atoms with Gasteiger partial charge in [0.1, 0.15) is 18.2 Å². The van der Waals surface area contributed by atoms with Gasteiger partial charge < -0.3 is 25.4 Å². The van der Waals surface area contributed by atoms with Gasteiger partial charge >= 0.3 is 12.1 Å². The lowest BCUT2D eigenvalue weighted by molar-refractivity contribution is -0.146. The Labute approximate surface area is 256 Å². The van der Waals surface area contributed by atoms with E-state index < -0.39 is 47.5 Å². The molecule has 226 valence electrons. The Morgan fingerprint density at radius 1 is 1.02 bits per heavy atom. The number of halogens is 2. The molecule has 42 heavy (non-hydrogen) atoms. The molecule has 1 saturated heterocycles. The summed E-state index contributed by atoms with van der Waals surface area (Å²) in [5, 5.41) is 9.30. The minimum atomic E-state index is -1.04. The summed E-state index contributed by atoms with van der Waals surface area (Å²) in [6, 6.07) is 12.6. The van der Waals surface area contributed by atoms with Gasteiger partial charge in [0.05, 0.1) is 7.11 Å². The van der Waals surface area contributed by atoms with E-state index in [9.17, 15) is 19.2 Å². The Kier molecular flexibility index (Phi) is 10.4. The number of carbonyl (C=O) groups is 4. The number of methoxy groups -OCH3 is 1. The van der Waals surface area contributed by atoms with Crippen molar-refractivity contribution in [2.75, 3.05) is 13.7 Å². The molecule has 11 heteroatoms. The number of hydrogen-bond acceptors (Lipinski definition) is 6. The van der Waals surface area contributed by atoms with Gasteiger partial charge in [0.25, 0.3) is 0 Å². The first-order valence-electron chi connectivity index (χ1n) is 14.2. The Hall–Kier alpha value is -3.30. The standard InChI is InChI=1S/C31H37Cl2N3O6/c1-18(2)15-24(28(38)35-25(29(39)41-3)16-20-11-14-34-27(20)37)36-30(40)42-26(19-7-9-22(32)10-8-19)31(12-13-31)21-5-4-6-23(33)17-21/h4-10,17-18,20,24-26H,11-16H2,1-3H3,(H,34,37)(H,35,38)(H,36,40)/t20?,24-,25-,26?/m0/s1. The van der Waals surface area contributed by atoms with Crippen LogP contribution in [0.15, 0.2) is 48.5 Å². The second-order valence-corrected chi connectivity index (χ2v) is 12.3. The minimum Gasteiger partial charge on any atom is -0.467 e. The van der Waals surface area contributed by atoms with Crippen molar-refractivity contribution in [3.05, 3.63) is 69.7 Å². The molecule has 1 saturated carbocycles. The number of esters is 1. The lowest BCUT2D eigenvalue weighted by Crippen LogP contribution is -2.53. The first-order valence-corrected chi connectivity index (χ1v) is 14.9. The molecule has 1 aliphatic heterocycles. The molecule has 2 aliphatic rings. The summed E-state index contributed by atoms with van der Waals surface area (Å²) < 4.78 is 11.0. The van der Waals surface area contributed by atoms with Gasteiger partial charge in [-0.2, -0.15) is 0 Å². The third kappa shape index (κ3) is 7.75. The van der Waals surface area contributed by atoms with Crippen LogP contribution < -0.4 is 16.0 Å². The molecule has 0 bridgehead atoms. The van der Waals surface area contributed by atoms with E-state index >= 15 is 0 Å². The molecule has 1 heterocycles. The average molecular weight is 619 g/mol. The number of benzene rings is 2. The maximum absolute atomic E-state index is 13.5. The summed E-state index contributed by atoms with van der Waals surface area (Å²) >= 11 is 12.4. The van der Waals surface area contributed by atoms with Crippen LogP contribution in [0.2, 0.25) is 10.0 Å². The van der Waals surface area contributed by atoms with Crippen LogP contribution in [0.25, 0.3) is 0 Å². The van der Waals surface area contributed by atoms with Crippen LogP contribution in [0.5, 0.6) is 0 Å². The van der Waals surface area contributed by atoms with Crippen molar-refractivity contribution < 1.29 is 28.7 Å². The van der Waals surface area contributed by atoms with Crippen molar-refractivity contribution in [1.29, 1.82) is 0 Å². The minimum absolute atomic E-state index is 0.0338. The van der Waals surface area contributed by atoms with Crippen LogP contribution in [0.4, 0.5) is 4.79 Å². The van der Waals surface area contributed by atoms with Crippen LogP contribution in [0.1, 0.15) is 63.2 Å². The number of amides is 3. The van der Waals surface area contributed by atoms with Crippen LogP contribution in [-0.2, 0) is 29.3 Å². The van der Waals surface area contributed by atoms with E-state index in [2.05, 4.69) is 16.0 Å². The quantitative estimate of drug-likeness (QED) is 0.285. The third-order valence-corrected chi connectivity index (χ3v) is 8.38. The molecule has 3 amide bonds. The fraction of sp³-hybridized carbons (Fsp3) is 0.484. The molecule has 0 radical (unpaired) electrons. The first-order chi connectivity index (χ1) is 20.0. The number of rotatable bonds is 12. The highest BCUT2D eigenvalue weighted by molar-refractivity contribution is 6.30. The number of carbonyl (C=O) groups excluding carboxylic acids is 4. The maximum Gasteiger partial charge on any atom is 0.408 e. The number of ether oxygens (including phenoxy) is 2. The van der Waals surface area contributed by atoms with E-state index in [0.29, 0.717) is 29.4 Å². The SMILES string of the molecule is COC(=O)[C@H](CC1CCNC1=O)NC(=O)[C@H](CC(C)C)NC(=O)OC(c1ccc(Cl)cc1)C1(c2cccc(Cl)c2)CC1. The zero-order valence-electron chi connectivity index (χ0n) is 24.0. The van der Waals surface area contributed by atoms with E-state index in [-0.39, 0.29) is 18.2 Å². The van der Waals surface area contributed by atoms with Crippen molar-refractivity contribution in [2.45, 2.75) is 69.6 Å². The second-order valence-electron chi connectivity index (χ2n) is 11.4. The Morgan fingerprint density at radius 2 is 1.74 bits per heavy atom. The molecule has 4 rings (SSSR count). The Balaban J connectivity index is 1.53. The molecule has 1 aliphatic carbocycles. The van der Waals surface area contributed by atoms with Crippen LogP contribution in [0, 0.1) is 11.8 Å².